The van der Waals surface area contributed by atoms with Gasteiger partial charge in [0.1, 0.15) is 0 Å². The van der Waals surface area contributed by atoms with E-state index in [1.807, 2.05) is 6.92 Å². The van der Waals surface area contributed by atoms with Crippen molar-refractivity contribution in [3.63, 3.8) is 0 Å². The summed E-state index contributed by atoms with van der Waals surface area (Å²) in [5.74, 6) is 1.03. The molecule has 0 bridgehead atoms. The van der Waals surface area contributed by atoms with Gasteiger partial charge in [-0.1, -0.05) is 0 Å². The molecule has 0 amide bonds. The number of hydrogen-bond acceptors (Lipinski definition) is 4. The smallest absolute Gasteiger partial charge is 0.193 e. The second-order valence-electron chi connectivity index (χ2n) is 5.69. The number of guanidine groups is 1. The molecule has 136 valence electrons. The third-order valence-electron chi connectivity index (χ3n) is 3.84. The Morgan fingerprint density at radius 2 is 1.91 bits per heavy atom. The zero-order valence-electron chi connectivity index (χ0n) is 15.2. The lowest BCUT2D eigenvalue weighted by atomic mass is 10.1. The number of methoxy groups -OCH3 is 1. The molecule has 1 saturated heterocycles. The summed E-state index contributed by atoms with van der Waals surface area (Å²) in [6.45, 7) is 11.0. The lowest BCUT2D eigenvalue weighted by Gasteiger charge is -2.34. The van der Waals surface area contributed by atoms with E-state index < -0.39 is 0 Å². The van der Waals surface area contributed by atoms with E-state index in [0.717, 1.165) is 84.2 Å². The Labute approximate surface area is 141 Å². The summed E-state index contributed by atoms with van der Waals surface area (Å²) in [5.41, 5.74) is 0. The first-order valence-corrected chi connectivity index (χ1v) is 9.03. The number of hydrogen-bond donors (Lipinski definition) is 1. The van der Waals surface area contributed by atoms with Crippen LogP contribution in [0, 0.1) is 0 Å². The van der Waals surface area contributed by atoms with Gasteiger partial charge >= 0.3 is 0 Å². The van der Waals surface area contributed by atoms with E-state index >= 15 is 0 Å². The second kappa shape index (κ2) is 13.6. The van der Waals surface area contributed by atoms with Gasteiger partial charge in [0.05, 0.1) is 6.10 Å². The molecule has 1 rings (SSSR count). The van der Waals surface area contributed by atoms with Gasteiger partial charge in [0.25, 0.3) is 0 Å². The number of nitrogens with one attached hydrogen (secondary N) is 1. The average molecular weight is 329 g/mol. The van der Waals surface area contributed by atoms with E-state index in [2.05, 4.69) is 17.1 Å². The highest BCUT2D eigenvalue weighted by molar-refractivity contribution is 5.80. The van der Waals surface area contributed by atoms with Gasteiger partial charge in [-0.3, -0.25) is 4.99 Å². The van der Waals surface area contributed by atoms with Crippen molar-refractivity contribution in [2.45, 2.75) is 45.6 Å². The van der Waals surface area contributed by atoms with E-state index in [1.54, 1.807) is 7.11 Å². The van der Waals surface area contributed by atoms with Gasteiger partial charge in [-0.25, -0.2) is 0 Å². The summed E-state index contributed by atoms with van der Waals surface area (Å²) in [6, 6.07) is 0. The van der Waals surface area contributed by atoms with Gasteiger partial charge in [0, 0.05) is 59.7 Å². The summed E-state index contributed by atoms with van der Waals surface area (Å²) < 4.78 is 16.3. The molecule has 0 radical (unpaired) electrons. The van der Waals surface area contributed by atoms with Crippen LogP contribution >= 0.6 is 0 Å². The Kier molecular flexibility index (Phi) is 11.9. The molecule has 0 spiro atoms. The first kappa shape index (κ1) is 20.2. The van der Waals surface area contributed by atoms with Crippen molar-refractivity contribution in [1.29, 1.82) is 0 Å². The fourth-order valence-electron chi connectivity index (χ4n) is 2.61. The number of likely N-dealkylation sites (tertiary alicyclic amines) is 1. The van der Waals surface area contributed by atoms with Crippen molar-refractivity contribution in [2.24, 2.45) is 4.99 Å². The van der Waals surface area contributed by atoms with E-state index in [4.69, 9.17) is 19.2 Å². The van der Waals surface area contributed by atoms with Crippen molar-refractivity contribution in [3.8, 4) is 0 Å². The molecule has 0 aromatic rings. The maximum Gasteiger partial charge on any atom is 0.193 e. The monoisotopic (exact) mass is 329 g/mol. The van der Waals surface area contributed by atoms with Gasteiger partial charge in [-0.15, -0.1) is 0 Å². The Hall–Kier alpha value is -0.850. The topological polar surface area (TPSA) is 55.3 Å². The molecule has 0 aromatic carbocycles. The highest BCUT2D eigenvalue weighted by atomic mass is 16.5. The highest BCUT2D eigenvalue weighted by Gasteiger charge is 2.21. The maximum absolute atomic E-state index is 5.92. The van der Waals surface area contributed by atoms with E-state index in [9.17, 15) is 0 Å². The molecule has 1 heterocycles. The minimum absolute atomic E-state index is 0.379. The van der Waals surface area contributed by atoms with E-state index in [-0.39, 0.29) is 0 Å². The Morgan fingerprint density at radius 1 is 1.13 bits per heavy atom. The summed E-state index contributed by atoms with van der Waals surface area (Å²) in [7, 11) is 1.73. The maximum atomic E-state index is 5.92. The lowest BCUT2D eigenvalue weighted by Crippen LogP contribution is -2.47. The third kappa shape index (κ3) is 9.13. The van der Waals surface area contributed by atoms with Gasteiger partial charge < -0.3 is 24.4 Å². The van der Waals surface area contributed by atoms with Crippen molar-refractivity contribution in [1.82, 2.24) is 10.2 Å². The highest BCUT2D eigenvalue weighted by Crippen LogP contribution is 2.14. The van der Waals surface area contributed by atoms with Gasteiger partial charge in [0.2, 0.25) is 0 Å². The van der Waals surface area contributed by atoms with Gasteiger partial charge in [-0.2, -0.15) is 0 Å². The molecule has 0 saturated carbocycles. The normalized spacial score (nSPS) is 16.8. The molecule has 1 aliphatic rings. The molecule has 1 fully saturated rings. The van der Waals surface area contributed by atoms with Crippen molar-refractivity contribution < 1.29 is 14.2 Å². The summed E-state index contributed by atoms with van der Waals surface area (Å²) in [6.07, 6.45) is 4.46. The molecule has 0 unspecified atom stereocenters. The van der Waals surface area contributed by atoms with Gasteiger partial charge in [-0.05, 0) is 39.5 Å². The van der Waals surface area contributed by atoms with Crippen molar-refractivity contribution in [2.75, 3.05) is 59.7 Å². The van der Waals surface area contributed by atoms with Crippen molar-refractivity contribution >= 4 is 5.96 Å². The van der Waals surface area contributed by atoms with Crippen LogP contribution in [0.3, 0.4) is 0 Å². The van der Waals surface area contributed by atoms with E-state index in [0.29, 0.717) is 6.10 Å². The second-order valence-corrected chi connectivity index (χ2v) is 5.69. The van der Waals surface area contributed by atoms with Crippen LogP contribution in [0.1, 0.15) is 39.5 Å². The quantitative estimate of drug-likeness (QED) is 0.356. The number of nitrogens with zero attached hydrogens (tertiary/aromatic N) is 2. The molecular weight excluding hydrogens is 294 g/mol. The SMILES string of the molecule is CCNC(=NCCCOCC)N1CCC(OCCCOC)CC1. The van der Waals surface area contributed by atoms with Crippen LogP contribution in [0.5, 0.6) is 0 Å². The molecule has 1 aliphatic heterocycles. The predicted octanol–water partition coefficient (Wildman–Crippen LogP) is 1.90. The number of rotatable bonds is 11. The predicted molar refractivity (Wildman–Crippen MR) is 94.1 cm³/mol. The summed E-state index contributed by atoms with van der Waals surface area (Å²) in [5, 5.41) is 3.40. The van der Waals surface area contributed by atoms with Crippen LogP contribution in [0.2, 0.25) is 0 Å². The van der Waals surface area contributed by atoms with Crippen LogP contribution < -0.4 is 5.32 Å². The lowest BCUT2D eigenvalue weighted by molar-refractivity contribution is 0.00990. The summed E-state index contributed by atoms with van der Waals surface area (Å²) in [4.78, 5) is 7.06. The zero-order valence-corrected chi connectivity index (χ0v) is 15.2. The molecule has 6 heteroatoms. The molecule has 1 N–H and O–H groups in total. The molecule has 23 heavy (non-hydrogen) atoms. The molecular formula is C17H35N3O3. The molecule has 0 atom stereocenters. The van der Waals surface area contributed by atoms with Crippen LogP contribution in [0.15, 0.2) is 4.99 Å². The standard InChI is InChI=1S/C17H35N3O3/c1-4-18-17(19-10-6-14-22-5-2)20-11-8-16(9-12-20)23-15-7-13-21-3/h16H,4-15H2,1-3H3,(H,18,19). The van der Waals surface area contributed by atoms with Gasteiger partial charge in [0.15, 0.2) is 5.96 Å². The first-order chi connectivity index (χ1) is 11.3. The molecule has 0 aromatic heterocycles. The number of aliphatic imine (C=N–C) groups is 1. The minimum Gasteiger partial charge on any atom is -0.385 e. The third-order valence-corrected chi connectivity index (χ3v) is 3.84. The van der Waals surface area contributed by atoms with Crippen LogP contribution in [-0.2, 0) is 14.2 Å². The fourth-order valence-corrected chi connectivity index (χ4v) is 2.61. The molecule has 0 aliphatic carbocycles. The number of piperidine rings is 1. The Bertz CT molecular complexity index is 305. The first-order valence-electron chi connectivity index (χ1n) is 9.03. The van der Waals surface area contributed by atoms with E-state index in [1.165, 1.54) is 0 Å². The largest absolute Gasteiger partial charge is 0.385 e. The average Bonchev–Trinajstić information content (AvgIpc) is 2.58. The Balaban J connectivity index is 2.28. The fraction of sp³-hybridized carbons (Fsp3) is 0.941. The molecule has 6 nitrogen and oxygen atoms in total. The van der Waals surface area contributed by atoms with Crippen LogP contribution in [0.4, 0.5) is 0 Å². The Morgan fingerprint density at radius 3 is 2.57 bits per heavy atom. The minimum atomic E-state index is 0.379. The van der Waals surface area contributed by atoms with Crippen molar-refractivity contribution in [3.05, 3.63) is 0 Å². The zero-order chi connectivity index (χ0) is 16.8. The number of ether oxygens (including phenoxy) is 3. The van der Waals surface area contributed by atoms with Crippen LogP contribution in [0.25, 0.3) is 0 Å². The summed E-state index contributed by atoms with van der Waals surface area (Å²) >= 11 is 0. The van der Waals surface area contributed by atoms with Crippen LogP contribution in [-0.4, -0.2) is 76.7 Å².